The van der Waals surface area contributed by atoms with Crippen molar-refractivity contribution < 1.29 is 4.79 Å². The summed E-state index contributed by atoms with van der Waals surface area (Å²) in [5.74, 6) is 1.10. The Hall–Kier alpha value is -1.39. The fourth-order valence-corrected chi connectivity index (χ4v) is 2.12. The molecular formula is C10H16N4O. The van der Waals surface area contributed by atoms with Crippen LogP contribution >= 0.6 is 0 Å². The van der Waals surface area contributed by atoms with Gasteiger partial charge in [0.25, 0.3) is 5.91 Å². The Balaban J connectivity index is 1.95. The number of carbonyl (C=O) groups is 1. The Morgan fingerprint density at radius 1 is 1.53 bits per heavy atom. The summed E-state index contributed by atoms with van der Waals surface area (Å²) in [5, 5.41) is 12.8. The van der Waals surface area contributed by atoms with E-state index in [4.69, 9.17) is 0 Å². The van der Waals surface area contributed by atoms with Crippen LogP contribution in [0.1, 0.15) is 37.2 Å². The van der Waals surface area contributed by atoms with Crippen LogP contribution in [0.4, 0.5) is 0 Å². The van der Waals surface area contributed by atoms with E-state index in [0.717, 1.165) is 6.42 Å². The van der Waals surface area contributed by atoms with E-state index in [2.05, 4.69) is 34.6 Å². The minimum absolute atomic E-state index is 0.130. The van der Waals surface area contributed by atoms with Crippen molar-refractivity contribution in [2.45, 2.75) is 32.7 Å². The number of hydrogen-bond donors (Lipinski definition) is 2. The number of amides is 1. The summed E-state index contributed by atoms with van der Waals surface area (Å²) in [4.78, 5) is 11.7. The maximum Gasteiger partial charge on any atom is 0.273 e. The molecule has 1 amide bonds. The first-order chi connectivity index (χ1) is 7.18. The van der Waals surface area contributed by atoms with Crippen molar-refractivity contribution in [3.63, 3.8) is 0 Å². The molecule has 1 fully saturated rings. The molecule has 0 spiro atoms. The molecule has 3 atom stereocenters. The van der Waals surface area contributed by atoms with Gasteiger partial charge in [-0.15, -0.1) is 0 Å². The molecule has 0 radical (unpaired) electrons. The molecule has 82 valence electrons. The van der Waals surface area contributed by atoms with Gasteiger partial charge in [0.05, 0.1) is 6.20 Å². The summed E-state index contributed by atoms with van der Waals surface area (Å²) in [5.41, 5.74) is 0.363. The van der Waals surface area contributed by atoms with Crippen molar-refractivity contribution in [3.8, 4) is 0 Å². The van der Waals surface area contributed by atoms with Gasteiger partial charge in [0.1, 0.15) is 0 Å². The van der Waals surface area contributed by atoms with Crippen LogP contribution in [0.2, 0.25) is 0 Å². The quantitative estimate of drug-likeness (QED) is 0.760. The lowest BCUT2D eigenvalue weighted by Crippen LogP contribution is -2.37. The van der Waals surface area contributed by atoms with Crippen molar-refractivity contribution in [2.75, 3.05) is 0 Å². The van der Waals surface area contributed by atoms with Gasteiger partial charge in [0, 0.05) is 6.04 Å². The molecule has 0 aromatic carbocycles. The Kier molecular flexibility index (Phi) is 2.70. The van der Waals surface area contributed by atoms with Crippen molar-refractivity contribution >= 4 is 5.91 Å². The number of hydrogen-bond acceptors (Lipinski definition) is 3. The molecule has 1 saturated carbocycles. The molecule has 5 nitrogen and oxygen atoms in total. The van der Waals surface area contributed by atoms with Crippen LogP contribution in [0.3, 0.4) is 0 Å². The minimum atomic E-state index is -0.130. The third kappa shape index (κ3) is 2.00. The van der Waals surface area contributed by atoms with Crippen molar-refractivity contribution in [1.29, 1.82) is 0 Å². The second-order valence-corrected chi connectivity index (χ2v) is 4.35. The molecule has 1 aliphatic rings. The van der Waals surface area contributed by atoms with Crippen LogP contribution in [0.15, 0.2) is 6.20 Å². The first-order valence-corrected chi connectivity index (χ1v) is 5.35. The molecule has 1 aliphatic carbocycles. The van der Waals surface area contributed by atoms with E-state index in [1.807, 2.05) is 0 Å². The Bertz CT molecular complexity index is 335. The van der Waals surface area contributed by atoms with Crippen molar-refractivity contribution in [2.24, 2.45) is 11.8 Å². The predicted octanol–water partition coefficient (Wildman–Crippen LogP) is 0.969. The second-order valence-electron chi connectivity index (χ2n) is 4.35. The number of nitrogens with one attached hydrogen (secondary N) is 2. The Morgan fingerprint density at radius 3 is 2.87 bits per heavy atom. The first-order valence-electron chi connectivity index (χ1n) is 5.35. The van der Waals surface area contributed by atoms with E-state index in [0.29, 0.717) is 17.5 Å². The van der Waals surface area contributed by atoms with E-state index in [1.165, 1.54) is 12.6 Å². The van der Waals surface area contributed by atoms with Gasteiger partial charge in [-0.2, -0.15) is 15.4 Å². The average Bonchev–Trinajstić information content (AvgIpc) is 2.83. The number of aromatic nitrogens is 3. The predicted molar refractivity (Wildman–Crippen MR) is 55.2 cm³/mol. The zero-order chi connectivity index (χ0) is 10.8. The molecule has 0 bridgehead atoms. The van der Waals surface area contributed by atoms with Gasteiger partial charge in [0.2, 0.25) is 0 Å². The van der Waals surface area contributed by atoms with E-state index >= 15 is 0 Å². The molecule has 2 N–H and O–H groups in total. The number of carbonyl (C=O) groups excluding carboxylic acids is 1. The van der Waals surface area contributed by atoms with E-state index < -0.39 is 0 Å². The molecule has 1 aromatic heterocycles. The topological polar surface area (TPSA) is 70.7 Å². The van der Waals surface area contributed by atoms with E-state index in [-0.39, 0.29) is 11.9 Å². The molecule has 0 aliphatic heterocycles. The van der Waals surface area contributed by atoms with Gasteiger partial charge in [-0.1, -0.05) is 13.8 Å². The summed E-state index contributed by atoms with van der Waals surface area (Å²) < 4.78 is 0. The summed E-state index contributed by atoms with van der Waals surface area (Å²) >= 11 is 0. The largest absolute Gasteiger partial charge is 0.348 e. The van der Waals surface area contributed by atoms with Crippen LogP contribution in [0.25, 0.3) is 0 Å². The van der Waals surface area contributed by atoms with Gasteiger partial charge in [0.15, 0.2) is 5.69 Å². The van der Waals surface area contributed by atoms with Crippen LogP contribution < -0.4 is 5.32 Å². The summed E-state index contributed by atoms with van der Waals surface area (Å²) in [7, 11) is 0. The molecule has 15 heavy (non-hydrogen) atoms. The molecule has 1 heterocycles. The van der Waals surface area contributed by atoms with Gasteiger partial charge < -0.3 is 5.32 Å². The fraction of sp³-hybridized carbons (Fsp3) is 0.700. The Labute approximate surface area is 88.6 Å². The van der Waals surface area contributed by atoms with Crippen LogP contribution in [-0.2, 0) is 0 Å². The molecule has 5 heteroatoms. The monoisotopic (exact) mass is 208 g/mol. The maximum atomic E-state index is 11.7. The van der Waals surface area contributed by atoms with Crippen molar-refractivity contribution in [3.05, 3.63) is 11.9 Å². The highest BCUT2D eigenvalue weighted by molar-refractivity contribution is 5.92. The molecular weight excluding hydrogens is 192 g/mol. The van der Waals surface area contributed by atoms with Crippen molar-refractivity contribution in [1.82, 2.24) is 20.7 Å². The maximum absolute atomic E-state index is 11.7. The van der Waals surface area contributed by atoms with E-state index in [9.17, 15) is 4.79 Å². The fourth-order valence-electron chi connectivity index (χ4n) is 2.12. The molecule has 0 saturated heterocycles. The zero-order valence-electron chi connectivity index (χ0n) is 9.03. The van der Waals surface area contributed by atoms with Gasteiger partial charge in [-0.05, 0) is 24.7 Å². The van der Waals surface area contributed by atoms with Gasteiger partial charge >= 0.3 is 0 Å². The SMILES string of the molecule is CC1CCC(NC(=O)c2cn[nH]n2)C1C. The molecule has 1 aromatic rings. The lowest BCUT2D eigenvalue weighted by molar-refractivity contribution is 0.0922. The van der Waals surface area contributed by atoms with Crippen LogP contribution in [0, 0.1) is 11.8 Å². The first kappa shape index (κ1) is 10.1. The number of nitrogens with zero attached hydrogens (tertiary/aromatic N) is 2. The lowest BCUT2D eigenvalue weighted by atomic mass is 9.98. The smallest absolute Gasteiger partial charge is 0.273 e. The third-order valence-corrected chi connectivity index (χ3v) is 3.43. The lowest BCUT2D eigenvalue weighted by Gasteiger charge is -2.18. The van der Waals surface area contributed by atoms with Gasteiger partial charge in [-0.25, -0.2) is 0 Å². The number of aromatic amines is 1. The number of rotatable bonds is 2. The average molecular weight is 208 g/mol. The Morgan fingerprint density at radius 2 is 2.33 bits per heavy atom. The third-order valence-electron chi connectivity index (χ3n) is 3.43. The highest BCUT2D eigenvalue weighted by atomic mass is 16.2. The zero-order valence-corrected chi connectivity index (χ0v) is 9.03. The van der Waals surface area contributed by atoms with Gasteiger partial charge in [-0.3, -0.25) is 4.79 Å². The summed E-state index contributed by atoms with van der Waals surface area (Å²) in [6.45, 7) is 4.42. The summed E-state index contributed by atoms with van der Waals surface area (Å²) in [6, 6.07) is 0.282. The number of H-pyrrole nitrogens is 1. The highest BCUT2D eigenvalue weighted by Gasteiger charge is 2.31. The minimum Gasteiger partial charge on any atom is -0.348 e. The normalized spacial score (nSPS) is 30.4. The summed E-state index contributed by atoms with van der Waals surface area (Å²) in [6.07, 6.45) is 3.69. The van der Waals surface area contributed by atoms with Crippen LogP contribution in [0.5, 0.6) is 0 Å². The second kappa shape index (κ2) is 4.00. The standard InChI is InChI=1S/C10H16N4O/c1-6-3-4-8(7(6)2)12-10(15)9-5-11-14-13-9/h5-8H,3-4H2,1-2H3,(H,12,15)(H,11,13,14). The molecule has 3 unspecified atom stereocenters. The van der Waals surface area contributed by atoms with Crippen LogP contribution in [-0.4, -0.2) is 27.4 Å². The molecule has 2 rings (SSSR count). The highest BCUT2D eigenvalue weighted by Crippen LogP contribution is 2.31. The van der Waals surface area contributed by atoms with E-state index in [1.54, 1.807) is 0 Å².